The predicted molar refractivity (Wildman–Crippen MR) is 89.6 cm³/mol. The molecule has 3 rings (SSSR count). The maximum atomic E-state index is 14.7. The van der Waals surface area contributed by atoms with Crippen LogP contribution in [0.2, 0.25) is 0 Å². The summed E-state index contributed by atoms with van der Waals surface area (Å²) in [6.07, 6.45) is 1.26. The van der Waals surface area contributed by atoms with Gasteiger partial charge in [-0.05, 0) is 46.4 Å². The van der Waals surface area contributed by atoms with Gasteiger partial charge in [-0.1, -0.05) is 6.07 Å². The molecule has 0 atom stereocenters. The van der Waals surface area contributed by atoms with Crippen LogP contribution in [0.1, 0.15) is 21.5 Å². The summed E-state index contributed by atoms with van der Waals surface area (Å²) in [7, 11) is 1.65. The van der Waals surface area contributed by atoms with Gasteiger partial charge >= 0.3 is 5.97 Å². The fourth-order valence-corrected chi connectivity index (χ4v) is 2.94. The highest BCUT2D eigenvalue weighted by Crippen LogP contribution is 2.27. The third kappa shape index (κ3) is 2.80. The molecule has 0 saturated carbocycles. The van der Waals surface area contributed by atoms with E-state index in [0.717, 1.165) is 0 Å². The quantitative estimate of drug-likeness (QED) is 0.647. The number of hydrogen-bond acceptors (Lipinski definition) is 2. The highest BCUT2D eigenvalue weighted by Gasteiger charge is 2.21. The Morgan fingerprint density at radius 2 is 2.09 bits per heavy atom. The summed E-state index contributed by atoms with van der Waals surface area (Å²) >= 11 is 1.97. The number of nitrogens with zero attached hydrogens (tertiary/aromatic N) is 2. The molecule has 0 radical (unpaired) electrons. The summed E-state index contributed by atoms with van der Waals surface area (Å²) in [6.45, 7) is 0. The fraction of sp³-hybridized carbons (Fsp3) is 0.125. The first-order valence-corrected chi connectivity index (χ1v) is 7.76. The van der Waals surface area contributed by atoms with Crippen LogP contribution in [-0.2, 0) is 13.5 Å². The van der Waals surface area contributed by atoms with Gasteiger partial charge in [-0.15, -0.1) is 0 Å². The van der Waals surface area contributed by atoms with Crippen LogP contribution in [0.5, 0.6) is 0 Å². The van der Waals surface area contributed by atoms with E-state index < -0.39 is 17.6 Å². The van der Waals surface area contributed by atoms with Gasteiger partial charge in [-0.3, -0.25) is 0 Å². The van der Waals surface area contributed by atoms with E-state index in [1.807, 2.05) is 22.6 Å². The molecular formula is C16H11F2IN2O2. The van der Waals surface area contributed by atoms with Gasteiger partial charge in [-0.2, -0.15) is 0 Å². The van der Waals surface area contributed by atoms with Gasteiger partial charge in [0.1, 0.15) is 11.3 Å². The lowest BCUT2D eigenvalue weighted by molar-refractivity contribution is 0.0695. The fourth-order valence-electron chi connectivity index (χ4n) is 2.48. The van der Waals surface area contributed by atoms with E-state index in [1.54, 1.807) is 17.7 Å². The molecule has 0 bridgehead atoms. The summed E-state index contributed by atoms with van der Waals surface area (Å²) in [5.74, 6) is -2.47. The van der Waals surface area contributed by atoms with Crippen LogP contribution in [0, 0.1) is 15.2 Å². The van der Waals surface area contributed by atoms with Gasteiger partial charge in [-0.25, -0.2) is 18.6 Å². The molecule has 7 heteroatoms. The number of aromatic carboxylic acids is 1. The maximum Gasteiger partial charge on any atom is 0.336 e. The van der Waals surface area contributed by atoms with Crippen molar-refractivity contribution in [2.75, 3.05) is 0 Å². The topological polar surface area (TPSA) is 55.1 Å². The van der Waals surface area contributed by atoms with Crippen LogP contribution < -0.4 is 0 Å². The molecule has 118 valence electrons. The average molecular weight is 428 g/mol. The van der Waals surface area contributed by atoms with Gasteiger partial charge in [0.2, 0.25) is 0 Å². The number of imidazole rings is 1. The third-order valence-electron chi connectivity index (χ3n) is 3.67. The number of aryl methyl sites for hydroxylation is 1. The van der Waals surface area contributed by atoms with Crippen molar-refractivity contribution in [2.24, 2.45) is 7.05 Å². The zero-order valence-corrected chi connectivity index (χ0v) is 14.1. The molecule has 1 N–H and O–H groups in total. The van der Waals surface area contributed by atoms with E-state index >= 15 is 0 Å². The minimum atomic E-state index is -1.26. The Balaban J connectivity index is 2.21. The second-order valence-electron chi connectivity index (χ2n) is 5.16. The number of aromatic nitrogens is 2. The van der Waals surface area contributed by atoms with Gasteiger partial charge in [0.25, 0.3) is 0 Å². The first-order chi connectivity index (χ1) is 10.9. The smallest absolute Gasteiger partial charge is 0.336 e. The number of fused-ring (bicyclic) bond motifs is 1. The van der Waals surface area contributed by atoms with Crippen molar-refractivity contribution in [1.29, 1.82) is 0 Å². The van der Waals surface area contributed by atoms with Crippen molar-refractivity contribution in [3.8, 4) is 0 Å². The molecule has 3 aromatic rings. The molecule has 0 aliphatic rings. The zero-order chi connectivity index (χ0) is 16.7. The summed E-state index contributed by atoms with van der Waals surface area (Å²) in [6, 6.07) is 5.92. The second kappa shape index (κ2) is 5.88. The first kappa shape index (κ1) is 15.9. The molecule has 0 aliphatic carbocycles. The Labute approximate surface area is 143 Å². The standard InChI is InChI=1S/C16H11F2IN2O2/c1-21-7-20-15-13(21)6-11(16(22)23)10(14(15)18)4-8-2-3-9(19)5-12(8)17/h2-3,5-7H,4H2,1H3,(H,22,23). The number of carboxylic acids is 1. The minimum Gasteiger partial charge on any atom is -0.478 e. The summed E-state index contributed by atoms with van der Waals surface area (Å²) < 4.78 is 31.0. The van der Waals surface area contributed by atoms with Gasteiger partial charge in [0.15, 0.2) is 5.82 Å². The van der Waals surface area contributed by atoms with E-state index in [1.165, 1.54) is 24.5 Å². The molecule has 4 nitrogen and oxygen atoms in total. The molecule has 0 aliphatic heterocycles. The van der Waals surface area contributed by atoms with E-state index in [4.69, 9.17) is 0 Å². The molecule has 0 spiro atoms. The van der Waals surface area contributed by atoms with Crippen LogP contribution in [0.25, 0.3) is 11.0 Å². The Bertz CT molecular complexity index is 937. The van der Waals surface area contributed by atoms with E-state index in [9.17, 15) is 18.7 Å². The van der Waals surface area contributed by atoms with Gasteiger partial charge < -0.3 is 9.67 Å². The Hall–Kier alpha value is -2.03. The van der Waals surface area contributed by atoms with Crippen molar-refractivity contribution < 1.29 is 18.7 Å². The largest absolute Gasteiger partial charge is 0.478 e. The van der Waals surface area contributed by atoms with Crippen molar-refractivity contribution >= 4 is 39.6 Å². The lowest BCUT2D eigenvalue weighted by Crippen LogP contribution is -2.08. The normalized spacial score (nSPS) is 11.1. The summed E-state index contributed by atoms with van der Waals surface area (Å²) in [5, 5.41) is 9.38. The van der Waals surface area contributed by atoms with Crippen LogP contribution in [0.3, 0.4) is 0 Å². The Morgan fingerprint density at radius 1 is 1.35 bits per heavy atom. The first-order valence-electron chi connectivity index (χ1n) is 6.68. The minimum absolute atomic E-state index is 0.0659. The molecule has 0 unspecified atom stereocenters. The number of hydrogen-bond donors (Lipinski definition) is 1. The van der Waals surface area contributed by atoms with Gasteiger partial charge in [0.05, 0.1) is 17.4 Å². The van der Waals surface area contributed by atoms with E-state index in [-0.39, 0.29) is 28.6 Å². The van der Waals surface area contributed by atoms with Crippen molar-refractivity contribution in [1.82, 2.24) is 9.55 Å². The summed E-state index contributed by atoms with van der Waals surface area (Å²) in [5.41, 5.74) is 0.451. The lowest BCUT2D eigenvalue weighted by Gasteiger charge is -2.10. The van der Waals surface area contributed by atoms with Crippen LogP contribution in [0.15, 0.2) is 30.6 Å². The molecular weight excluding hydrogens is 417 g/mol. The number of halogens is 3. The van der Waals surface area contributed by atoms with Crippen molar-refractivity contribution in [3.63, 3.8) is 0 Å². The number of benzene rings is 2. The van der Waals surface area contributed by atoms with Crippen molar-refractivity contribution in [3.05, 3.63) is 62.5 Å². The average Bonchev–Trinajstić information content (AvgIpc) is 2.85. The number of carbonyl (C=O) groups is 1. The Kier molecular flexibility index (Phi) is 4.05. The van der Waals surface area contributed by atoms with Crippen LogP contribution >= 0.6 is 22.6 Å². The van der Waals surface area contributed by atoms with Gasteiger partial charge in [0, 0.05) is 22.6 Å². The lowest BCUT2D eigenvalue weighted by atomic mass is 9.97. The highest BCUT2D eigenvalue weighted by molar-refractivity contribution is 14.1. The van der Waals surface area contributed by atoms with Crippen LogP contribution in [0.4, 0.5) is 8.78 Å². The molecule has 1 heterocycles. The Morgan fingerprint density at radius 3 is 2.74 bits per heavy atom. The van der Waals surface area contributed by atoms with E-state index in [0.29, 0.717) is 9.09 Å². The molecule has 0 fully saturated rings. The molecule has 1 aromatic heterocycles. The maximum absolute atomic E-state index is 14.7. The SMILES string of the molecule is Cn1cnc2c(F)c(Cc3ccc(I)cc3F)c(C(=O)O)cc21. The highest BCUT2D eigenvalue weighted by atomic mass is 127. The molecule has 2 aromatic carbocycles. The second-order valence-corrected chi connectivity index (χ2v) is 6.40. The molecule has 23 heavy (non-hydrogen) atoms. The molecule has 0 saturated heterocycles. The van der Waals surface area contributed by atoms with Crippen LogP contribution in [-0.4, -0.2) is 20.6 Å². The summed E-state index contributed by atoms with van der Waals surface area (Å²) in [4.78, 5) is 15.4. The third-order valence-corrected chi connectivity index (χ3v) is 4.35. The number of carboxylic acid groups (broad SMARTS) is 1. The van der Waals surface area contributed by atoms with Crippen molar-refractivity contribution in [2.45, 2.75) is 6.42 Å². The van der Waals surface area contributed by atoms with E-state index in [2.05, 4.69) is 4.98 Å². The monoisotopic (exact) mass is 428 g/mol. The number of rotatable bonds is 3. The zero-order valence-electron chi connectivity index (χ0n) is 12.0. The predicted octanol–water partition coefficient (Wildman–Crippen LogP) is 3.75. The molecule has 0 amide bonds.